The topological polar surface area (TPSA) is 58.6 Å². The predicted molar refractivity (Wildman–Crippen MR) is 60.2 cm³/mol. The van der Waals surface area contributed by atoms with Crippen molar-refractivity contribution in [3.05, 3.63) is 29.8 Å². The Bertz CT molecular complexity index is 409. The van der Waals surface area contributed by atoms with E-state index in [4.69, 9.17) is 16.3 Å². The van der Waals surface area contributed by atoms with E-state index in [1.807, 2.05) is 0 Å². The molecule has 1 rings (SSSR count). The summed E-state index contributed by atoms with van der Waals surface area (Å²) in [7, 11) is 1.53. The average molecular weight is 219 g/mol. The molecule has 0 radical (unpaired) electrons. The molecule has 1 aromatic carbocycles. The summed E-state index contributed by atoms with van der Waals surface area (Å²) in [5.41, 5.74) is 0.613. The molecule has 84 valence electrons. The highest BCUT2D eigenvalue weighted by molar-refractivity contribution is 5.75. The number of ether oxygens (including phenoxy) is 1. The van der Waals surface area contributed by atoms with Crippen molar-refractivity contribution < 1.29 is 14.6 Å². The lowest BCUT2D eigenvalue weighted by molar-refractivity contribution is -0.139. The van der Waals surface area contributed by atoms with Gasteiger partial charge < -0.3 is 9.84 Å². The molecular formula is C12H13NO3. The Kier molecular flexibility index (Phi) is 4.37. The van der Waals surface area contributed by atoms with Gasteiger partial charge in [-0.15, -0.1) is 6.42 Å². The Labute approximate surface area is 94.2 Å². The number of carbonyl (C=O) groups is 1. The molecule has 0 spiro atoms. The van der Waals surface area contributed by atoms with Gasteiger partial charge in [-0.05, 0) is 17.7 Å². The van der Waals surface area contributed by atoms with Gasteiger partial charge in [-0.2, -0.15) is 0 Å². The highest BCUT2D eigenvalue weighted by Crippen LogP contribution is 2.19. The first-order chi connectivity index (χ1) is 7.69. The first-order valence-electron chi connectivity index (χ1n) is 4.72. The standard InChI is InChI=1S/C12H13NO3/c1-3-7-13-11(12(14)15)9-5-4-6-10(8-9)16-2/h1,4-6,8,11,13H,7H2,2H3,(H,14,15). The lowest BCUT2D eigenvalue weighted by Crippen LogP contribution is -2.28. The van der Waals surface area contributed by atoms with Crippen LogP contribution in [-0.4, -0.2) is 24.7 Å². The van der Waals surface area contributed by atoms with Crippen LogP contribution in [0.3, 0.4) is 0 Å². The summed E-state index contributed by atoms with van der Waals surface area (Å²) < 4.78 is 5.03. The maximum absolute atomic E-state index is 11.0. The molecule has 2 N–H and O–H groups in total. The van der Waals surface area contributed by atoms with Crippen LogP contribution in [0.2, 0.25) is 0 Å². The molecule has 0 aliphatic rings. The number of aliphatic carboxylic acids is 1. The van der Waals surface area contributed by atoms with Crippen LogP contribution < -0.4 is 10.1 Å². The van der Waals surface area contributed by atoms with Crippen molar-refractivity contribution in [2.75, 3.05) is 13.7 Å². The first-order valence-corrected chi connectivity index (χ1v) is 4.72. The summed E-state index contributed by atoms with van der Waals surface area (Å²) in [5, 5.41) is 11.8. The number of benzene rings is 1. The second-order valence-electron chi connectivity index (χ2n) is 3.13. The highest BCUT2D eigenvalue weighted by atomic mass is 16.5. The Morgan fingerprint density at radius 2 is 2.44 bits per heavy atom. The summed E-state index contributed by atoms with van der Waals surface area (Å²) in [6.45, 7) is 0.203. The van der Waals surface area contributed by atoms with Crippen LogP contribution in [0.25, 0.3) is 0 Å². The fourth-order valence-corrected chi connectivity index (χ4v) is 1.33. The zero-order valence-electron chi connectivity index (χ0n) is 8.93. The van der Waals surface area contributed by atoms with Gasteiger partial charge in [-0.3, -0.25) is 10.1 Å². The third kappa shape index (κ3) is 3.01. The molecule has 1 unspecified atom stereocenters. The number of carboxylic acids is 1. The Morgan fingerprint density at radius 1 is 1.69 bits per heavy atom. The second-order valence-corrected chi connectivity index (χ2v) is 3.13. The van der Waals surface area contributed by atoms with E-state index in [-0.39, 0.29) is 6.54 Å². The Hall–Kier alpha value is -1.99. The minimum absolute atomic E-state index is 0.203. The van der Waals surface area contributed by atoms with Crippen LogP contribution in [0.15, 0.2) is 24.3 Å². The molecule has 16 heavy (non-hydrogen) atoms. The number of nitrogens with one attached hydrogen (secondary N) is 1. The smallest absolute Gasteiger partial charge is 0.325 e. The highest BCUT2D eigenvalue weighted by Gasteiger charge is 2.18. The molecule has 0 bridgehead atoms. The molecular weight excluding hydrogens is 206 g/mol. The van der Waals surface area contributed by atoms with E-state index in [1.165, 1.54) is 7.11 Å². The maximum atomic E-state index is 11.0. The van der Waals surface area contributed by atoms with Crippen molar-refractivity contribution in [1.29, 1.82) is 0 Å². The van der Waals surface area contributed by atoms with Gasteiger partial charge >= 0.3 is 5.97 Å². The molecule has 1 aromatic rings. The second kappa shape index (κ2) is 5.79. The van der Waals surface area contributed by atoms with E-state index >= 15 is 0 Å². The lowest BCUT2D eigenvalue weighted by atomic mass is 10.1. The monoisotopic (exact) mass is 219 g/mol. The van der Waals surface area contributed by atoms with E-state index in [1.54, 1.807) is 24.3 Å². The van der Waals surface area contributed by atoms with Gasteiger partial charge in [-0.1, -0.05) is 18.1 Å². The van der Waals surface area contributed by atoms with Crippen molar-refractivity contribution in [1.82, 2.24) is 5.32 Å². The normalized spacial score (nSPS) is 11.5. The molecule has 0 aliphatic carbocycles. The van der Waals surface area contributed by atoms with Crippen molar-refractivity contribution in [2.24, 2.45) is 0 Å². The summed E-state index contributed by atoms with van der Waals surface area (Å²) in [6.07, 6.45) is 5.08. The quantitative estimate of drug-likeness (QED) is 0.726. The summed E-state index contributed by atoms with van der Waals surface area (Å²) in [5.74, 6) is 1.99. The van der Waals surface area contributed by atoms with E-state index < -0.39 is 12.0 Å². The van der Waals surface area contributed by atoms with Gasteiger partial charge in [0.25, 0.3) is 0 Å². The van der Waals surface area contributed by atoms with Gasteiger partial charge in [0.05, 0.1) is 13.7 Å². The van der Waals surface area contributed by atoms with Crippen LogP contribution in [0, 0.1) is 12.3 Å². The zero-order valence-corrected chi connectivity index (χ0v) is 8.93. The molecule has 0 amide bonds. The van der Waals surface area contributed by atoms with Crippen molar-refractivity contribution in [3.8, 4) is 18.1 Å². The van der Waals surface area contributed by atoms with E-state index in [0.717, 1.165) is 0 Å². The third-order valence-corrected chi connectivity index (χ3v) is 2.08. The number of methoxy groups -OCH3 is 1. The summed E-state index contributed by atoms with van der Waals surface area (Å²) in [6, 6.07) is 6.06. The van der Waals surface area contributed by atoms with Gasteiger partial charge in [0.1, 0.15) is 11.8 Å². The predicted octanol–water partition coefficient (Wildman–Crippen LogP) is 1.04. The minimum Gasteiger partial charge on any atom is -0.497 e. The third-order valence-electron chi connectivity index (χ3n) is 2.08. The van der Waals surface area contributed by atoms with Gasteiger partial charge in [0, 0.05) is 0 Å². The van der Waals surface area contributed by atoms with Crippen LogP contribution in [-0.2, 0) is 4.79 Å². The number of hydrogen-bond donors (Lipinski definition) is 2. The van der Waals surface area contributed by atoms with Gasteiger partial charge in [-0.25, -0.2) is 0 Å². The molecule has 4 nitrogen and oxygen atoms in total. The van der Waals surface area contributed by atoms with E-state index in [0.29, 0.717) is 11.3 Å². The van der Waals surface area contributed by atoms with E-state index in [2.05, 4.69) is 11.2 Å². The summed E-state index contributed by atoms with van der Waals surface area (Å²) >= 11 is 0. The van der Waals surface area contributed by atoms with Crippen LogP contribution >= 0.6 is 0 Å². The summed E-state index contributed by atoms with van der Waals surface area (Å²) in [4.78, 5) is 11.0. The first kappa shape index (κ1) is 12.1. The largest absolute Gasteiger partial charge is 0.497 e. The Morgan fingerprint density at radius 3 is 3.00 bits per heavy atom. The van der Waals surface area contributed by atoms with Gasteiger partial charge in [0.15, 0.2) is 0 Å². The molecule has 0 heterocycles. The number of rotatable bonds is 5. The molecule has 0 fully saturated rings. The molecule has 0 aromatic heterocycles. The molecule has 0 saturated carbocycles. The molecule has 4 heteroatoms. The van der Waals surface area contributed by atoms with Gasteiger partial charge in [0.2, 0.25) is 0 Å². The molecule has 0 aliphatic heterocycles. The average Bonchev–Trinajstić information content (AvgIpc) is 2.29. The lowest BCUT2D eigenvalue weighted by Gasteiger charge is -2.13. The van der Waals surface area contributed by atoms with Crippen LogP contribution in [0.5, 0.6) is 5.75 Å². The maximum Gasteiger partial charge on any atom is 0.325 e. The van der Waals surface area contributed by atoms with E-state index in [9.17, 15) is 4.79 Å². The van der Waals surface area contributed by atoms with Crippen molar-refractivity contribution >= 4 is 5.97 Å². The number of carboxylic acid groups (broad SMARTS) is 1. The number of terminal acetylenes is 1. The van der Waals surface area contributed by atoms with Crippen LogP contribution in [0.1, 0.15) is 11.6 Å². The SMILES string of the molecule is C#CCNC(C(=O)O)c1cccc(OC)c1. The van der Waals surface area contributed by atoms with Crippen molar-refractivity contribution in [2.45, 2.75) is 6.04 Å². The fourth-order valence-electron chi connectivity index (χ4n) is 1.33. The molecule has 0 saturated heterocycles. The molecule has 1 atom stereocenters. The number of hydrogen-bond acceptors (Lipinski definition) is 3. The van der Waals surface area contributed by atoms with Crippen molar-refractivity contribution in [3.63, 3.8) is 0 Å². The Balaban J connectivity index is 2.92. The zero-order chi connectivity index (χ0) is 12.0. The van der Waals surface area contributed by atoms with Crippen LogP contribution in [0.4, 0.5) is 0 Å². The fraction of sp³-hybridized carbons (Fsp3) is 0.250. The minimum atomic E-state index is -0.969.